The average molecular weight is 506 g/mol. The van der Waals surface area contributed by atoms with Gasteiger partial charge in [-0.2, -0.15) is 0 Å². The van der Waals surface area contributed by atoms with Crippen LogP contribution in [0, 0.1) is 0 Å². The van der Waals surface area contributed by atoms with Crippen molar-refractivity contribution in [3.63, 3.8) is 0 Å². The first-order chi connectivity index (χ1) is 13.2. The molecule has 10 heteroatoms. The minimum absolute atomic E-state index is 0. The highest BCUT2D eigenvalue weighted by molar-refractivity contribution is 14.0. The molecule has 2 fully saturated rings. The van der Waals surface area contributed by atoms with Gasteiger partial charge < -0.3 is 24.4 Å². The van der Waals surface area contributed by atoms with Gasteiger partial charge in [-0.1, -0.05) is 12.1 Å². The minimum Gasteiger partial charge on any atom is -0.378 e. The Hall–Kier alpha value is -1.40. The van der Waals surface area contributed by atoms with Gasteiger partial charge in [-0.15, -0.1) is 24.0 Å². The molecule has 0 aromatic carbocycles. The van der Waals surface area contributed by atoms with Gasteiger partial charge in [0, 0.05) is 52.4 Å². The van der Waals surface area contributed by atoms with E-state index in [0.717, 1.165) is 50.0 Å². The van der Waals surface area contributed by atoms with Crippen LogP contribution in [0.1, 0.15) is 18.4 Å². The van der Waals surface area contributed by atoms with Crippen molar-refractivity contribution in [2.45, 2.75) is 19.9 Å². The monoisotopic (exact) mass is 506 g/mol. The number of hydrogen-bond donors (Lipinski definition) is 1. The second-order valence-electron chi connectivity index (χ2n) is 6.80. The lowest BCUT2D eigenvalue weighted by molar-refractivity contribution is -0.136. The number of halogens is 1. The van der Waals surface area contributed by atoms with Crippen molar-refractivity contribution in [2.24, 2.45) is 4.99 Å². The van der Waals surface area contributed by atoms with Gasteiger partial charge in [0.25, 0.3) is 0 Å². The van der Waals surface area contributed by atoms with E-state index in [-0.39, 0.29) is 29.9 Å². The topological polar surface area (TPSA) is 86.4 Å². The highest BCUT2D eigenvalue weighted by atomic mass is 127. The number of aromatic nitrogens is 1. The average Bonchev–Trinajstić information content (AvgIpc) is 3.18. The van der Waals surface area contributed by atoms with Crippen LogP contribution in [0.4, 0.5) is 0 Å². The van der Waals surface area contributed by atoms with Crippen molar-refractivity contribution in [1.82, 2.24) is 25.2 Å². The van der Waals surface area contributed by atoms with Crippen LogP contribution in [0.25, 0.3) is 0 Å². The maximum atomic E-state index is 12.4. The summed E-state index contributed by atoms with van der Waals surface area (Å²) in [6.45, 7) is 9.17. The summed E-state index contributed by atoms with van der Waals surface area (Å²) >= 11 is 0. The van der Waals surface area contributed by atoms with Gasteiger partial charge in [0.05, 0.1) is 32.0 Å². The molecule has 0 radical (unpaired) electrons. The Morgan fingerprint density at radius 3 is 2.50 bits per heavy atom. The van der Waals surface area contributed by atoms with E-state index in [4.69, 9.17) is 9.26 Å². The zero-order valence-electron chi connectivity index (χ0n) is 16.7. The van der Waals surface area contributed by atoms with Gasteiger partial charge in [-0.3, -0.25) is 14.7 Å². The number of carbonyl (C=O) groups excluding carboxylic acids is 1. The quantitative estimate of drug-likeness (QED) is 0.352. The number of ether oxygens (including phenoxy) is 1. The highest BCUT2D eigenvalue weighted by Gasteiger charge is 2.24. The minimum atomic E-state index is 0. The molecule has 0 aliphatic carbocycles. The zero-order valence-corrected chi connectivity index (χ0v) is 19.1. The van der Waals surface area contributed by atoms with Gasteiger partial charge in [-0.05, 0) is 6.42 Å². The van der Waals surface area contributed by atoms with Gasteiger partial charge in [0.1, 0.15) is 0 Å². The number of amides is 1. The number of rotatable bonds is 5. The van der Waals surface area contributed by atoms with Crippen LogP contribution in [-0.2, 0) is 22.5 Å². The largest absolute Gasteiger partial charge is 0.378 e. The second-order valence-corrected chi connectivity index (χ2v) is 6.80. The number of nitrogens with one attached hydrogen (secondary N) is 1. The molecule has 0 bridgehead atoms. The molecule has 1 aromatic heterocycles. The maximum absolute atomic E-state index is 12.4. The summed E-state index contributed by atoms with van der Waals surface area (Å²) in [6.07, 6.45) is 0.864. The van der Waals surface area contributed by atoms with Crippen molar-refractivity contribution in [1.29, 1.82) is 0 Å². The van der Waals surface area contributed by atoms with Crippen LogP contribution >= 0.6 is 24.0 Å². The number of aliphatic imine (C=N–C) groups is 1. The lowest BCUT2D eigenvalue weighted by Crippen LogP contribution is -2.54. The molecule has 2 aliphatic heterocycles. The van der Waals surface area contributed by atoms with E-state index in [1.807, 2.05) is 11.0 Å². The number of nitrogens with zero attached hydrogens (tertiary/aromatic N) is 5. The molecule has 28 heavy (non-hydrogen) atoms. The van der Waals surface area contributed by atoms with E-state index >= 15 is 0 Å². The van der Waals surface area contributed by atoms with E-state index in [1.54, 1.807) is 7.05 Å². The van der Waals surface area contributed by atoms with E-state index in [1.165, 1.54) is 0 Å². The Labute approximate surface area is 183 Å². The van der Waals surface area contributed by atoms with Crippen LogP contribution in [-0.4, -0.2) is 97.8 Å². The summed E-state index contributed by atoms with van der Waals surface area (Å²) in [6, 6.07) is 1.97. The number of guanidine groups is 1. The Kier molecular flexibility index (Phi) is 9.45. The molecule has 3 rings (SSSR count). The van der Waals surface area contributed by atoms with Crippen molar-refractivity contribution in [3.05, 3.63) is 17.5 Å². The SMILES string of the molecule is CCc1cc(CNC(=NC)N2CCN(CC(=O)N3CCOCC3)CC2)on1.I. The van der Waals surface area contributed by atoms with E-state index in [2.05, 4.69) is 32.2 Å². The predicted octanol–water partition coefficient (Wildman–Crippen LogP) is 0.407. The third kappa shape index (κ3) is 6.31. The summed E-state index contributed by atoms with van der Waals surface area (Å²) in [5.74, 6) is 1.86. The predicted molar refractivity (Wildman–Crippen MR) is 117 cm³/mol. The van der Waals surface area contributed by atoms with Crippen molar-refractivity contribution >= 4 is 35.8 Å². The highest BCUT2D eigenvalue weighted by Crippen LogP contribution is 2.07. The molecule has 158 valence electrons. The summed E-state index contributed by atoms with van der Waals surface area (Å²) in [5, 5.41) is 7.34. The number of aryl methyl sites for hydroxylation is 1. The first-order valence-corrected chi connectivity index (χ1v) is 9.67. The van der Waals surface area contributed by atoms with Gasteiger partial charge in [0.15, 0.2) is 11.7 Å². The lowest BCUT2D eigenvalue weighted by Gasteiger charge is -2.37. The Morgan fingerprint density at radius 2 is 1.89 bits per heavy atom. The third-order valence-electron chi connectivity index (χ3n) is 5.00. The zero-order chi connectivity index (χ0) is 19.1. The molecule has 1 N–H and O–H groups in total. The van der Waals surface area contributed by atoms with Crippen LogP contribution in [0.3, 0.4) is 0 Å². The van der Waals surface area contributed by atoms with Crippen LogP contribution in [0.5, 0.6) is 0 Å². The maximum Gasteiger partial charge on any atom is 0.236 e. The fraction of sp³-hybridized carbons (Fsp3) is 0.722. The van der Waals surface area contributed by atoms with E-state index in [9.17, 15) is 4.79 Å². The summed E-state index contributed by atoms with van der Waals surface area (Å²) in [4.78, 5) is 23.1. The number of carbonyl (C=O) groups is 1. The molecule has 0 spiro atoms. The Bertz CT molecular complexity index is 639. The molecule has 3 heterocycles. The van der Waals surface area contributed by atoms with Gasteiger partial charge in [-0.25, -0.2) is 0 Å². The summed E-state index contributed by atoms with van der Waals surface area (Å²) in [5.41, 5.74) is 0.959. The normalized spacial score (nSPS) is 18.7. The molecule has 0 unspecified atom stereocenters. The second kappa shape index (κ2) is 11.6. The smallest absolute Gasteiger partial charge is 0.236 e. The fourth-order valence-corrected chi connectivity index (χ4v) is 3.33. The molecule has 2 aliphatic rings. The summed E-state index contributed by atoms with van der Waals surface area (Å²) < 4.78 is 10.6. The van der Waals surface area contributed by atoms with E-state index < -0.39 is 0 Å². The first-order valence-electron chi connectivity index (χ1n) is 9.67. The lowest BCUT2D eigenvalue weighted by atomic mass is 10.3. The molecule has 9 nitrogen and oxygen atoms in total. The van der Waals surface area contributed by atoms with Crippen LogP contribution in [0.2, 0.25) is 0 Å². The van der Waals surface area contributed by atoms with Gasteiger partial charge >= 0.3 is 0 Å². The van der Waals surface area contributed by atoms with Crippen LogP contribution in [0.15, 0.2) is 15.6 Å². The first kappa shape index (κ1) is 22.9. The number of morpholine rings is 1. The fourth-order valence-electron chi connectivity index (χ4n) is 3.33. The standard InChI is InChI=1S/C18H30N6O3.HI/c1-3-15-12-16(27-21-15)13-20-18(19-2)24-6-4-22(5-7-24)14-17(25)23-8-10-26-11-9-23;/h12H,3-11,13-14H2,1-2H3,(H,19,20);1H. The molecular formula is C18H31IN6O3. The van der Waals surface area contributed by atoms with Crippen molar-refractivity contribution in [3.8, 4) is 0 Å². The Morgan fingerprint density at radius 1 is 1.18 bits per heavy atom. The number of piperazine rings is 1. The summed E-state index contributed by atoms with van der Waals surface area (Å²) in [7, 11) is 1.79. The van der Waals surface area contributed by atoms with E-state index in [0.29, 0.717) is 39.4 Å². The molecular weight excluding hydrogens is 475 g/mol. The van der Waals surface area contributed by atoms with Gasteiger partial charge in [0.2, 0.25) is 5.91 Å². The van der Waals surface area contributed by atoms with Crippen molar-refractivity contribution < 1.29 is 14.1 Å². The molecule has 1 amide bonds. The third-order valence-corrected chi connectivity index (χ3v) is 5.00. The van der Waals surface area contributed by atoms with Crippen molar-refractivity contribution in [2.75, 3.05) is 66.1 Å². The molecule has 1 aromatic rings. The molecule has 0 atom stereocenters. The number of hydrogen-bond acceptors (Lipinski definition) is 6. The molecule has 2 saturated heterocycles. The molecule has 0 saturated carbocycles. The van der Waals surface area contributed by atoms with Crippen LogP contribution < -0.4 is 5.32 Å². The Balaban J connectivity index is 0.00000280.